The Morgan fingerprint density at radius 2 is 1.83 bits per heavy atom. The van der Waals surface area contributed by atoms with Gasteiger partial charge in [-0.05, 0) is 30.3 Å². The molecule has 118 valence electrons. The van der Waals surface area contributed by atoms with Crippen molar-refractivity contribution in [1.82, 2.24) is 10.2 Å². The van der Waals surface area contributed by atoms with Crippen LogP contribution >= 0.6 is 11.6 Å². The van der Waals surface area contributed by atoms with Crippen molar-refractivity contribution in [3.8, 4) is 0 Å². The summed E-state index contributed by atoms with van der Waals surface area (Å²) in [7, 11) is 2.09. The zero-order chi connectivity index (χ0) is 15.8. The standard InChI is InChI=1S/C18H19ClN4/c1-22-16-5-3-2-4-14(16)18(23-10-8-20-9-11-23)21-15-12-13(19)6-7-17(15)22/h2-7,12,20H,8-11H2,1H3. The average molecular weight is 327 g/mol. The Bertz CT molecular complexity index is 765. The quantitative estimate of drug-likeness (QED) is 0.805. The van der Waals surface area contributed by atoms with Crippen LogP contribution < -0.4 is 10.2 Å². The molecule has 0 aliphatic carbocycles. The molecule has 23 heavy (non-hydrogen) atoms. The van der Waals surface area contributed by atoms with Crippen LogP contribution in [0.15, 0.2) is 47.5 Å². The highest BCUT2D eigenvalue weighted by Gasteiger charge is 2.24. The minimum Gasteiger partial charge on any atom is -0.353 e. The molecule has 4 nitrogen and oxygen atoms in total. The molecule has 0 aromatic heterocycles. The van der Waals surface area contributed by atoms with Gasteiger partial charge in [0.25, 0.3) is 0 Å². The van der Waals surface area contributed by atoms with Crippen molar-refractivity contribution < 1.29 is 0 Å². The average Bonchev–Trinajstić information content (AvgIpc) is 2.71. The fourth-order valence-corrected chi connectivity index (χ4v) is 3.41. The molecule has 1 N–H and O–H groups in total. The summed E-state index contributed by atoms with van der Waals surface area (Å²) < 4.78 is 0. The van der Waals surface area contributed by atoms with Crippen LogP contribution in [0.4, 0.5) is 17.1 Å². The number of halogens is 1. The Balaban J connectivity index is 1.92. The third-order valence-corrected chi connectivity index (χ3v) is 4.68. The van der Waals surface area contributed by atoms with Gasteiger partial charge < -0.3 is 15.1 Å². The Kier molecular flexibility index (Phi) is 3.71. The van der Waals surface area contributed by atoms with Gasteiger partial charge in [0, 0.05) is 43.8 Å². The number of fused-ring (bicyclic) bond motifs is 2. The molecular formula is C18H19ClN4. The molecule has 0 spiro atoms. The Morgan fingerprint density at radius 1 is 1.04 bits per heavy atom. The SMILES string of the molecule is CN1c2ccc(Cl)cc2N=C(N2CCNCC2)c2ccccc21. The number of para-hydroxylation sites is 1. The highest BCUT2D eigenvalue weighted by Crippen LogP contribution is 2.40. The molecule has 1 fully saturated rings. The van der Waals surface area contributed by atoms with E-state index in [1.807, 2.05) is 18.2 Å². The van der Waals surface area contributed by atoms with Gasteiger partial charge >= 0.3 is 0 Å². The lowest BCUT2D eigenvalue weighted by Gasteiger charge is -2.31. The van der Waals surface area contributed by atoms with E-state index in [0.29, 0.717) is 5.02 Å². The van der Waals surface area contributed by atoms with E-state index < -0.39 is 0 Å². The van der Waals surface area contributed by atoms with Gasteiger partial charge in [0.1, 0.15) is 5.84 Å². The minimum absolute atomic E-state index is 0.714. The van der Waals surface area contributed by atoms with Gasteiger partial charge in [-0.1, -0.05) is 23.7 Å². The van der Waals surface area contributed by atoms with Gasteiger partial charge in [-0.25, -0.2) is 4.99 Å². The van der Waals surface area contributed by atoms with E-state index >= 15 is 0 Å². The van der Waals surface area contributed by atoms with Gasteiger partial charge in [0.05, 0.1) is 17.1 Å². The largest absolute Gasteiger partial charge is 0.353 e. The number of nitrogens with one attached hydrogen (secondary N) is 1. The number of rotatable bonds is 0. The summed E-state index contributed by atoms with van der Waals surface area (Å²) >= 11 is 6.21. The maximum absolute atomic E-state index is 6.21. The molecule has 0 atom stereocenters. The summed E-state index contributed by atoms with van der Waals surface area (Å²) in [4.78, 5) is 9.56. The van der Waals surface area contributed by atoms with Crippen LogP contribution in [0.2, 0.25) is 5.02 Å². The summed E-state index contributed by atoms with van der Waals surface area (Å²) in [5.41, 5.74) is 4.34. The van der Waals surface area contributed by atoms with Gasteiger partial charge in [0.2, 0.25) is 0 Å². The lowest BCUT2D eigenvalue weighted by atomic mass is 10.1. The molecule has 4 rings (SSSR count). The smallest absolute Gasteiger partial charge is 0.138 e. The van der Waals surface area contributed by atoms with Crippen molar-refractivity contribution in [3.05, 3.63) is 53.1 Å². The normalized spacial score (nSPS) is 17.2. The van der Waals surface area contributed by atoms with Crippen LogP contribution in [0.5, 0.6) is 0 Å². The molecule has 2 aromatic rings. The Hall–Kier alpha value is -2.04. The third kappa shape index (κ3) is 2.58. The molecule has 2 aliphatic rings. The zero-order valence-corrected chi connectivity index (χ0v) is 13.8. The number of amidine groups is 1. The van der Waals surface area contributed by atoms with Crippen LogP contribution in [0, 0.1) is 0 Å². The van der Waals surface area contributed by atoms with Gasteiger partial charge in [-0.3, -0.25) is 0 Å². The van der Waals surface area contributed by atoms with Crippen LogP contribution in [0.3, 0.4) is 0 Å². The summed E-state index contributed by atoms with van der Waals surface area (Å²) in [6.45, 7) is 3.90. The predicted octanol–water partition coefficient (Wildman–Crippen LogP) is 3.40. The number of hydrogen-bond donors (Lipinski definition) is 1. The van der Waals surface area contributed by atoms with E-state index in [4.69, 9.17) is 16.6 Å². The summed E-state index contributed by atoms with van der Waals surface area (Å²) in [6, 6.07) is 14.4. The molecule has 2 aromatic carbocycles. The van der Waals surface area contributed by atoms with E-state index in [1.54, 1.807) is 0 Å². The highest BCUT2D eigenvalue weighted by molar-refractivity contribution is 6.31. The molecule has 0 amide bonds. The first-order valence-electron chi connectivity index (χ1n) is 7.91. The predicted molar refractivity (Wildman–Crippen MR) is 96.6 cm³/mol. The first-order chi connectivity index (χ1) is 11.2. The lowest BCUT2D eigenvalue weighted by molar-refractivity contribution is 0.358. The molecule has 0 radical (unpaired) electrons. The lowest BCUT2D eigenvalue weighted by Crippen LogP contribution is -2.46. The van der Waals surface area contributed by atoms with Crippen molar-refractivity contribution >= 4 is 34.5 Å². The second-order valence-corrected chi connectivity index (χ2v) is 6.32. The van der Waals surface area contributed by atoms with E-state index in [0.717, 1.165) is 43.4 Å². The first kappa shape index (κ1) is 14.5. The number of aliphatic imine (C=N–C) groups is 1. The van der Waals surface area contributed by atoms with E-state index in [-0.39, 0.29) is 0 Å². The van der Waals surface area contributed by atoms with Crippen molar-refractivity contribution in [2.75, 3.05) is 38.1 Å². The van der Waals surface area contributed by atoms with E-state index in [1.165, 1.54) is 11.3 Å². The molecule has 0 bridgehead atoms. The van der Waals surface area contributed by atoms with Crippen molar-refractivity contribution in [2.24, 2.45) is 4.99 Å². The molecule has 2 aliphatic heterocycles. The van der Waals surface area contributed by atoms with Crippen molar-refractivity contribution in [1.29, 1.82) is 0 Å². The van der Waals surface area contributed by atoms with Crippen LogP contribution in [0.25, 0.3) is 0 Å². The fraction of sp³-hybridized carbons (Fsp3) is 0.278. The third-order valence-electron chi connectivity index (χ3n) is 4.45. The number of benzene rings is 2. The number of anilines is 2. The second-order valence-electron chi connectivity index (χ2n) is 5.88. The van der Waals surface area contributed by atoms with E-state index in [2.05, 4.69) is 46.4 Å². The summed E-state index contributed by atoms with van der Waals surface area (Å²) in [6.07, 6.45) is 0. The van der Waals surface area contributed by atoms with Crippen molar-refractivity contribution in [3.63, 3.8) is 0 Å². The molecule has 5 heteroatoms. The van der Waals surface area contributed by atoms with Gasteiger partial charge in [-0.15, -0.1) is 0 Å². The first-order valence-corrected chi connectivity index (χ1v) is 8.29. The number of nitrogens with zero attached hydrogens (tertiary/aromatic N) is 3. The summed E-state index contributed by atoms with van der Waals surface area (Å²) in [5, 5.41) is 4.12. The maximum atomic E-state index is 6.21. The Morgan fingerprint density at radius 3 is 2.65 bits per heavy atom. The molecule has 1 saturated heterocycles. The summed E-state index contributed by atoms with van der Waals surface area (Å²) in [5.74, 6) is 1.04. The van der Waals surface area contributed by atoms with Gasteiger partial charge in [-0.2, -0.15) is 0 Å². The molecule has 0 unspecified atom stereocenters. The molecule has 2 heterocycles. The Labute approximate surface area is 141 Å². The minimum atomic E-state index is 0.714. The maximum Gasteiger partial charge on any atom is 0.138 e. The van der Waals surface area contributed by atoms with Crippen LogP contribution in [-0.2, 0) is 0 Å². The second kappa shape index (κ2) is 5.87. The monoisotopic (exact) mass is 326 g/mol. The highest BCUT2D eigenvalue weighted by atomic mass is 35.5. The van der Waals surface area contributed by atoms with Gasteiger partial charge in [0.15, 0.2) is 0 Å². The molecular weight excluding hydrogens is 308 g/mol. The fourth-order valence-electron chi connectivity index (χ4n) is 3.25. The topological polar surface area (TPSA) is 30.9 Å². The van der Waals surface area contributed by atoms with Crippen molar-refractivity contribution in [2.45, 2.75) is 0 Å². The number of hydrogen-bond acceptors (Lipinski definition) is 4. The molecule has 0 saturated carbocycles. The zero-order valence-electron chi connectivity index (χ0n) is 13.1. The van der Waals surface area contributed by atoms with Crippen LogP contribution in [-0.4, -0.2) is 44.0 Å². The van der Waals surface area contributed by atoms with E-state index in [9.17, 15) is 0 Å². The van der Waals surface area contributed by atoms with Crippen LogP contribution in [0.1, 0.15) is 5.56 Å². The number of piperazine rings is 1.